The van der Waals surface area contributed by atoms with Crippen molar-refractivity contribution in [3.63, 3.8) is 0 Å². The minimum atomic E-state index is 0.832. The Morgan fingerprint density at radius 1 is 1.44 bits per heavy atom. The van der Waals surface area contributed by atoms with E-state index in [1.807, 2.05) is 6.08 Å². The lowest BCUT2D eigenvalue weighted by molar-refractivity contribution is 0.867. The first kappa shape index (κ1) is 6.71. The molecule has 1 rings (SSSR count). The second-order valence-corrected chi connectivity index (χ2v) is 2.55. The predicted octanol–water partition coefficient (Wildman–Crippen LogP) is 2.69. The quantitative estimate of drug-likeness (QED) is 0.454. The van der Waals surface area contributed by atoms with E-state index in [1.54, 1.807) is 0 Å². The fraction of sp³-hybridized carbons (Fsp3) is 0.500. The highest BCUT2D eigenvalue weighted by atomic mass is 35.5. The lowest BCUT2D eigenvalue weighted by Crippen LogP contribution is -1.78. The van der Waals surface area contributed by atoms with Crippen LogP contribution in [-0.2, 0) is 0 Å². The van der Waals surface area contributed by atoms with E-state index in [2.05, 4.69) is 11.8 Å². The fourth-order valence-electron chi connectivity index (χ4n) is 0.770. The third-order valence-electron chi connectivity index (χ3n) is 1.27. The summed E-state index contributed by atoms with van der Waals surface area (Å²) in [7, 11) is 0. The van der Waals surface area contributed by atoms with E-state index in [4.69, 9.17) is 11.6 Å². The van der Waals surface area contributed by atoms with Gasteiger partial charge >= 0.3 is 0 Å². The summed E-state index contributed by atoms with van der Waals surface area (Å²) in [6, 6.07) is 0. The maximum atomic E-state index is 5.79. The number of hydrogen-bond donors (Lipinski definition) is 0. The number of allylic oxidation sites excluding steroid dienone is 2. The van der Waals surface area contributed by atoms with Crippen LogP contribution in [-0.4, -0.2) is 0 Å². The number of halogens is 1. The summed E-state index contributed by atoms with van der Waals surface area (Å²) in [5.41, 5.74) is 0. The summed E-state index contributed by atoms with van der Waals surface area (Å²) in [5, 5.41) is 0.976. The molecule has 0 fully saturated rings. The van der Waals surface area contributed by atoms with E-state index in [-0.39, 0.29) is 0 Å². The minimum absolute atomic E-state index is 0.832. The molecule has 0 heterocycles. The summed E-state index contributed by atoms with van der Waals surface area (Å²) in [6.07, 6.45) is 5.95. The van der Waals surface area contributed by atoms with Crippen molar-refractivity contribution in [2.24, 2.45) is 0 Å². The first-order valence-corrected chi connectivity index (χ1v) is 3.57. The topological polar surface area (TPSA) is 0 Å². The van der Waals surface area contributed by atoms with Crippen LogP contribution in [0.4, 0.5) is 0 Å². The van der Waals surface area contributed by atoms with Gasteiger partial charge in [-0.25, -0.2) is 0 Å². The van der Waals surface area contributed by atoms with Crippen molar-refractivity contribution < 1.29 is 0 Å². The Morgan fingerprint density at radius 3 is 3.22 bits per heavy atom. The molecule has 1 aliphatic rings. The minimum Gasteiger partial charge on any atom is -0.103 e. The molecule has 0 aromatic heterocycles. The zero-order valence-electron chi connectivity index (χ0n) is 5.28. The zero-order valence-corrected chi connectivity index (χ0v) is 6.04. The highest BCUT2D eigenvalue weighted by Crippen LogP contribution is 2.13. The summed E-state index contributed by atoms with van der Waals surface area (Å²) in [6.45, 7) is 0. The Bertz CT molecular complexity index is 169. The summed E-state index contributed by atoms with van der Waals surface area (Å²) < 4.78 is 0. The van der Waals surface area contributed by atoms with Crippen LogP contribution < -0.4 is 0 Å². The highest BCUT2D eigenvalue weighted by molar-refractivity contribution is 6.29. The van der Waals surface area contributed by atoms with Gasteiger partial charge in [-0.1, -0.05) is 23.6 Å². The molecule has 0 unspecified atom stereocenters. The molecule has 0 saturated heterocycles. The molecule has 0 spiro atoms. The van der Waals surface area contributed by atoms with Gasteiger partial charge in [-0.05, 0) is 12.8 Å². The van der Waals surface area contributed by atoms with Gasteiger partial charge in [0.2, 0.25) is 0 Å². The predicted molar refractivity (Wildman–Crippen MR) is 40.2 cm³/mol. The second-order valence-electron chi connectivity index (χ2n) is 2.06. The van der Waals surface area contributed by atoms with Gasteiger partial charge in [0.15, 0.2) is 0 Å². The van der Waals surface area contributed by atoms with E-state index in [0.29, 0.717) is 0 Å². The van der Waals surface area contributed by atoms with E-state index in [1.165, 1.54) is 0 Å². The van der Waals surface area contributed by atoms with Gasteiger partial charge < -0.3 is 0 Å². The molecular formula is C8H9Cl. The van der Waals surface area contributed by atoms with Crippen molar-refractivity contribution in [2.45, 2.75) is 25.7 Å². The van der Waals surface area contributed by atoms with Gasteiger partial charge in [-0.2, -0.15) is 0 Å². The van der Waals surface area contributed by atoms with Crippen LogP contribution in [0.1, 0.15) is 25.7 Å². The molecule has 0 aromatic rings. The maximum absolute atomic E-state index is 5.79. The molecule has 48 valence electrons. The van der Waals surface area contributed by atoms with E-state index >= 15 is 0 Å². The van der Waals surface area contributed by atoms with Gasteiger partial charge in [-0.3, -0.25) is 0 Å². The largest absolute Gasteiger partial charge is 0.103 e. The van der Waals surface area contributed by atoms with Crippen LogP contribution >= 0.6 is 11.6 Å². The van der Waals surface area contributed by atoms with Crippen molar-refractivity contribution in [2.75, 3.05) is 0 Å². The van der Waals surface area contributed by atoms with Crippen molar-refractivity contribution in [3.05, 3.63) is 11.1 Å². The van der Waals surface area contributed by atoms with E-state index in [0.717, 1.165) is 30.7 Å². The number of rotatable bonds is 0. The van der Waals surface area contributed by atoms with Crippen LogP contribution in [0, 0.1) is 11.8 Å². The number of hydrogen-bond acceptors (Lipinski definition) is 0. The van der Waals surface area contributed by atoms with Crippen LogP contribution in [0.15, 0.2) is 11.1 Å². The maximum Gasteiger partial charge on any atom is 0.0283 e. The molecule has 0 aliphatic heterocycles. The lowest BCUT2D eigenvalue weighted by Gasteiger charge is -1.96. The normalized spacial score (nSPS) is 24.3. The molecular weight excluding hydrogens is 132 g/mol. The third kappa shape index (κ3) is 2.58. The average Bonchev–Trinajstić information content (AvgIpc) is 1.79. The molecule has 0 aromatic carbocycles. The van der Waals surface area contributed by atoms with Crippen LogP contribution in [0.3, 0.4) is 0 Å². The lowest BCUT2D eigenvalue weighted by atomic mass is 10.2. The summed E-state index contributed by atoms with van der Waals surface area (Å²) >= 11 is 5.79. The summed E-state index contributed by atoms with van der Waals surface area (Å²) in [5.74, 6) is 6.06. The first-order valence-electron chi connectivity index (χ1n) is 3.20. The molecule has 1 aliphatic carbocycles. The molecule has 0 bridgehead atoms. The Hall–Kier alpha value is -0.410. The average molecular weight is 141 g/mol. The molecule has 0 amide bonds. The zero-order chi connectivity index (χ0) is 6.53. The monoisotopic (exact) mass is 140 g/mol. The molecule has 1 heteroatoms. The van der Waals surface area contributed by atoms with Crippen molar-refractivity contribution >= 4 is 11.6 Å². The molecule has 0 nitrogen and oxygen atoms in total. The van der Waals surface area contributed by atoms with Gasteiger partial charge in [-0.15, -0.1) is 5.92 Å². The standard InChI is InChI=1S/C8H9Cl/c9-8-6-4-2-1-3-5-7-8/h7H,2,4-6H2/b8-7+. The fourth-order valence-corrected chi connectivity index (χ4v) is 0.981. The SMILES string of the molecule is Cl/C1=C/CC#CCCC1. The van der Waals surface area contributed by atoms with Gasteiger partial charge in [0.05, 0.1) is 0 Å². The smallest absolute Gasteiger partial charge is 0.0283 e. The van der Waals surface area contributed by atoms with Gasteiger partial charge in [0.25, 0.3) is 0 Å². The first-order chi connectivity index (χ1) is 4.39. The van der Waals surface area contributed by atoms with Crippen molar-refractivity contribution in [1.82, 2.24) is 0 Å². The van der Waals surface area contributed by atoms with Crippen molar-refractivity contribution in [3.8, 4) is 11.8 Å². The van der Waals surface area contributed by atoms with Crippen LogP contribution in [0.25, 0.3) is 0 Å². The van der Waals surface area contributed by atoms with E-state index in [9.17, 15) is 0 Å². The van der Waals surface area contributed by atoms with Crippen LogP contribution in [0.5, 0.6) is 0 Å². The van der Waals surface area contributed by atoms with Gasteiger partial charge in [0, 0.05) is 17.9 Å². The molecule has 0 N–H and O–H groups in total. The Labute approximate surface area is 60.9 Å². The highest BCUT2D eigenvalue weighted by Gasteiger charge is 1.92. The van der Waals surface area contributed by atoms with Crippen molar-refractivity contribution in [1.29, 1.82) is 0 Å². The second kappa shape index (κ2) is 3.58. The third-order valence-corrected chi connectivity index (χ3v) is 1.61. The summed E-state index contributed by atoms with van der Waals surface area (Å²) in [4.78, 5) is 0. The molecule has 0 atom stereocenters. The van der Waals surface area contributed by atoms with Crippen LogP contribution in [0.2, 0.25) is 0 Å². The Morgan fingerprint density at radius 2 is 2.33 bits per heavy atom. The van der Waals surface area contributed by atoms with Gasteiger partial charge in [0.1, 0.15) is 0 Å². The molecule has 9 heavy (non-hydrogen) atoms. The Kier molecular flexibility index (Phi) is 2.67. The Balaban J connectivity index is 2.50. The molecule has 0 radical (unpaired) electrons. The van der Waals surface area contributed by atoms with E-state index < -0.39 is 0 Å². The molecule has 0 saturated carbocycles.